The molecular weight excluding hydrogens is 326 g/mol. The normalized spacial score (nSPS) is 17.2. The smallest absolute Gasteiger partial charge is 0.250 e. The van der Waals surface area contributed by atoms with Crippen LogP contribution in [0.4, 0.5) is 11.5 Å². The molecule has 1 unspecified atom stereocenters. The molecule has 1 aliphatic rings. The summed E-state index contributed by atoms with van der Waals surface area (Å²) in [7, 11) is 0. The van der Waals surface area contributed by atoms with Crippen molar-refractivity contribution in [2.75, 3.05) is 23.3 Å². The minimum absolute atomic E-state index is 0.277. The zero-order valence-corrected chi connectivity index (χ0v) is 14.4. The summed E-state index contributed by atoms with van der Waals surface area (Å²) in [5.74, 6) is 0.270. The van der Waals surface area contributed by atoms with Gasteiger partial charge in [-0.15, -0.1) is 0 Å². The number of hydrogen-bond donors (Lipinski definition) is 2. The fraction of sp³-hybridized carbons (Fsp3) is 0.250. The van der Waals surface area contributed by atoms with Crippen LogP contribution in [0.5, 0.6) is 0 Å². The Hall–Kier alpha value is -3.15. The Labute approximate surface area is 152 Å². The second-order valence-electron chi connectivity index (χ2n) is 6.55. The summed E-state index contributed by atoms with van der Waals surface area (Å²) in [5.41, 5.74) is 7.72. The number of fused-ring (bicyclic) bond motifs is 1. The third-order valence-electron chi connectivity index (χ3n) is 4.81. The molecule has 1 aliphatic heterocycles. The number of anilines is 2. The number of nitrogens with two attached hydrogens (primary N) is 1. The van der Waals surface area contributed by atoms with E-state index in [1.54, 1.807) is 6.07 Å². The number of piperidine rings is 1. The van der Waals surface area contributed by atoms with Crippen molar-refractivity contribution in [1.82, 2.24) is 9.97 Å². The van der Waals surface area contributed by atoms with Gasteiger partial charge in [-0.1, -0.05) is 24.3 Å². The molecule has 3 aromatic rings. The minimum atomic E-state index is -0.479. The van der Waals surface area contributed by atoms with E-state index in [-0.39, 0.29) is 6.04 Å². The highest BCUT2D eigenvalue weighted by molar-refractivity contribution is 6.06. The maximum Gasteiger partial charge on any atom is 0.250 e. The fourth-order valence-corrected chi connectivity index (χ4v) is 3.56. The van der Waals surface area contributed by atoms with Gasteiger partial charge in [-0.2, -0.15) is 0 Å². The fourth-order valence-electron chi connectivity index (χ4n) is 3.56. The lowest BCUT2D eigenvalue weighted by atomic mass is 10.0. The molecule has 26 heavy (non-hydrogen) atoms. The molecule has 0 radical (unpaired) electrons. The first-order valence-corrected chi connectivity index (χ1v) is 8.82. The van der Waals surface area contributed by atoms with Crippen LogP contribution in [0.1, 0.15) is 23.2 Å². The molecule has 2 heterocycles. The number of benzene rings is 2. The molecule has 6 heteroatoms. The molecule has 4 rings (SSSR count). The van der Waals surface area contributed by atoms with Crippen molar-refractivity contribution in [3.05, 3.63) is 60.4 Å². The van der Waals surface area contributed by atoms with E-state index in [9.17, 15) is 4.79 Å². The second kappa shape index (κ2) is 7.00. The van der Waals surface area contributed by atoms with E-state index in [1.807, 2.05) is 18.2 Å². The van der Waals surface area contributed by atoms with Crippen LogP contribution in [0.3, 0.4) is 0 Å². The first kappa shape index (κ1) is 16.3. The van der Waals surface area contributed by atoms with Crippen molar-refractivity contribution >= 4 is 28.3 Å². The maximum atomic E-state index is 11.7. The molecule has 6 nitrogen and oxygen atoms in total. The predicted molar refractivity (Wildman–Crippen MR) is 103 cm³/mol. The molecule has 1 amide bonds. The summed E-state index contributed by atoms with van der Waals surface area (Å²) in [4.78, 5) is 22.7. The molecule has 0 aliphatic carbocycles. The van der Waals surface area contributed by atoms with E-state index < -0.39 is 5.91 Å². The lowest BCUT2D eigenvalue weighted by Gasteiger charge is -2.35. The number of hydrogen-bond acceptors (Lipinski definition) is 5. The summed E-state index contributed by atoms with van der Waals surface area (Å²) >= 11 is 0. The van der Waals surface area contributed by atoms with Gasteiger partial charge in [-0.25, -0.2) is 9.97 Å². The number of nitrogens with one attached hydrogen (secondary N) is 1. The number of carbonyl (C=O) groups excluding carboxylic acids is 1. The van der Waals surface area contributed by atoms with Crippen LogP contribution in [0.2, 0.25) is 0 Å². The van der Waals surface area contributed by atoms with Gasteiger partial charge in [-0.05, 0) is 37.1 Å². The summed E-state index contributed by atoms with van der Waals surface area (Å²) in [6.45, 7) is 1.96. The van der Waals surface area contributed by atoms with Gasteiger partial charge in [0.05, 0.1) is 11.1 Å². The van der Waals surface area contributed by atoms with Gasteiger partial charge in [-0.3, -0.25) is 4.79 Å². The van der Waals surface area contributed by atoms with E-state index >= 15 is 0 Å². The average molecular weight is 347 g/mol. The van der Waals surface area contributed by atoms with Gasteiger partial charge >= 0.3 is 0 Å². The number of carbonyl (C=O) groups is 1. The highest BCUT2D eigenvalue weighted by Crippen LogP contribution is 2.25. The highest BCUT2D eigenvalue weighted by atomic mass is 16.1. The number of nitrogens with zero attached hydrogens (tertiary/aromatic N) is 3. The minimum Gasteiger partial charge on any atom is -0.369 e. The van der Waals surface area contributed by atoms with Crippen LogP contribution in [0.15, 0.2) is 54.9 Å². The van der Waals surface area contributed by atoms with Crippen LogP contribution in [-0.2, 0) is 0 Å². The van der Waals surface area contributed by atoms with Gasteiger partial charge in [0.2, 0.25) is 0 Å². The molecule has 1 saturated heterocycles. The monoisotopic (exact) mass is 347 g/mol. The molecule has 132 valence electrons. The molecular formula is C20H21N5O. The average Bonchev–Trinajstić information content (AvgIpc) is 2.68. The van der Waals surface area contributed by atoms with E-state index in [0.29, 0.717) is 11.1 Å². The topological polar surface area (TPSA) is 84.1 Å². The third-order valence-corrected chi connectivity index (χ3v) is 4.81. The summed E-state index contributed by atoms with van der Waals surface area (Å²) in [6, 6.07) is 16.1. The van der Waals surface area contributed by atoms with Crippen LogP contribution >= 0.6 is 0 Å². The Balaban J connectivity index is 1.59. The van der Waals surface area contributed by atoms with Gasteiger partial charge in [0, 0.05) is 30.2 Å². The lowest BCUT2D eigenvalue weighted by Crippen LogP contribution is -2.42. The van der Waals surface area contributed by atoms with Crippen molar-refractivity contribution < 1.29 is 4.79 Å². The molecule has 1 aromatic heterocycles. The van der Waals surface area contributed by atoms with Crippen LogP contribution in [-0.4, -0.2) is 35.0 Å². The molecule has 3 N–H and O–H groups in total. The largest absolute Gasteiger partial charge is 0.369 e. The van der Waals surface area contributed by atoms with Gasteiger partial charge in [0.15, 0.2) is 0 Å². The third kappa shape index (κ3) is 3.18. The number of aromatic nitrogens is 2. The van der Waals surface area contributed by atoms with Crippen LogP contribution < -0.4 is 16.0 Å². The van der Waals surface area contributed by atoms with Gasteiger partial charge in [0.25, 0.3) is 5.91 Å². The second-order valence-corrected chi connectivity index (χ2v) is 6.55. The number of primary amides is 1. The molecule has 0 saturated carbocycles. The molecule has 0 spiro atoms. The molecule has 0 bridgehead atoms. The Kier molecular flexibility index (Phi) is 4.39. The highest BCUT2D eigenvalue weighted by Gasteiger charge is 2.21. The quantitative estimate of drug-likeness (QED) is 0.758. The van der Waals surface area contributed by atoms with Crippen molar-refractivity contribution in [3.63, 3.8) is 0 Å². The molecule has 1 fully saturated rings. The molecule has 1 atom stereocenters. The van der Waals surface area contributed by atoms with Crippen molar-refractivity contribution in [2.45, 2.75) is 18.9 Å². The van der Waals surface area contributed by atoms with Crippen molar-refractivity contribution in [1.29, 1.82) is 0 Å². The predicted octanol–water partition coefficient (Wildman–Crippen LogP) is 2.81. The van der Waals surface area contributed by atoms with E-state index in [4.69, 9.17) is 5.73 Å². The van der Waals surface area contributed by atoms with Crippen LogP contribution in [0, 0.1) is 0 Å². The maximum absolute atomic E-state index is 11.7. The zero-order chi connectivity index (χ0) is 17.9. The van der Waals surface area contributed by atoms with Crippen molar-refractivity contribution in [2.24, 2.45) is 5.73 Å². The Morgan fingerprint density at radius 3 is 2.77 bits per heavy atom. The standard InChI is InChI=1S/C20H21N5O/c21-19(26)16-9-4-10-17-18(16)22-13-23-20(17)24-14-6-5-11-25(12-14)15-7-2-1-3-8-15/h1-4,7-10,13-14H,5-6,11-12H2,(H2,21,26)(H,22,23,24). The molecule has 2 aromatic carbocycles. The lowest BCUT2D eigenvalue weighted by molar-refractivity contribution is 0.100. The number of para-hydroxylation sites is 2. The van der Waals surface area contributed by atoms with Gasteiger partial charge in [0.1, 0.15) is 12.1 Å². The SMILES string of the molecule is NC(=O)c1cccc2c(NC3CCCN(c4ccccc4)C3)ncnc12. The summed E-state index contributed by atoms with van der Waals surface area (Å²) in [6.07, 6.45) is 3.67. The Morgan fingerprint density at radius 1 is 1.12 bits per heavy atom. The Bertz CT molecular complexity index is 928. The number of rotatable bonds is 4. The van der Waals surface area contributed by atoms with E-state index in [0.717, 1.165) is 37.1 Å². The van der Waals surface area contributed by atoms with Crippen LogP contribution in [0.25, 0.3) is 10.9 Å². The summed E-state index contributed by atoms with van der Waals surface area (Å²) in [5, 5.41) is 4.36. The first-order valence-electron chi connectivity index (χ1n) is 8.82. The van der Waals surface area contributed by atoms with Gasteiger partial charge < -0.3 is 16.0 Å². The first-order chi connectivity index (χ1) is 12.7. The van der Waals surface area contributed by atoms with Crippen molar-refractivity contribution in [3.8, 4) is 0 Å². The van der Waals surface area contributed by atoms with E-state index in [2.05, 4.69) is 44.5 Å². The van der Waals surface area contributed by atoms with E-state index in [1.165, 1.54) is 12.0 Å². The Morgan fingerprint density at radius 2 is 1.96 bits per heavy atom. The number of amides is 1. The zero-order valence-electron chi connectivity index (χ0n) is 14.4. The summed E-state index contributed by atoms with van der Waals surface area (Å²) < 4.78 is 0.